The minimum atomic E-state index is -0.697. The van der Waals surface area contributed by atoms with E-state index in [4.69, 9.17) is 11.6 Å². The van der Waals surface area contributed by atoms with Crippen molar-refractivity contribution < 1.29 is 18.7 Å². The molecule has 164 valence electrons. The summed E-state index contributed by atoms with van der Waals surface area (Å²) >= 11 is 5.91. The molecule has 1 aliphatic carbocycles. The van der Waals surface area contributed by atoms with Gasteiger partial charge in [-0.15, -0.1) is 0 Å². The summed E-state index contributed by atoms with van der Waals surface area (Å²) in [6.45, 7) is 0.204. The van der Waals surface area contributed by atoms with E-state index in [9.17, 15) is 18.8 Å². The highest BCUT2D eigenvalue weighted by molar-refractivity contribution is 6.31. The fraction of sp³-hybridized carbons (Fsp3) is 0.208. The Bertz CT molecular complexity index is 1290. The number of ether oxygens (including phenoxy) is 1. The molecule has 1 aliphatic rings. The second-order valence-corrected chi connectivity index (χ2v) is 7.98. The van der Waals surface area contributed by atoms with Gasteiger partial charge in [0.25, 0.3) is 5.91 Å². The highest BCUT2D eigenvalue weighted by Gasteiger charge is 2.27. The SMILES string of the molecule is COC(=O)/C=C/c1ccc(CNC(=O)c2cn(C3CC3)c3cc(Cl)c(F)cc3c2=O)cc1. The summed E-state index contributed by atoms with van der Waals surface area (Å²) in [5.74, 6) is -1.68. The first-order valence-electron chi connectivity index (χ1n) is 10.0. The maximum atomic E-state index is 14.0. The van der Waals surface area contributed by atoms with Crippen LogP contribution < -0.4 is 10.7 Å². The summed E-state index contributed by atoms with van der Waals surface area (Å²) in [6.07, 6.45) is 6.31. The molecule has 3 aromatic rings. The third-order valence-electron chi connectivity index (χ3n) is 5.30. The molecule has 0 saturated heterocycles. The molecule has 8 heteroatoms. The van der Waals surface area contributed by atoms with Crippen LogP contribution in [0.3, 0.4) is 0 Å². The zero-order chi connectivity index (χ0) is 22.8. The van der Waals surface area contributed by atoms with Crippen molar-refractivity contribution in [2.45, 2.75) is 25.4 Å². The minimum Gasteiger partial charge on any atom is -0.466 e. The van der Waals surface area contributed by atoms with Crippen molar-refractivity contribution in [2.24, 2.45) is 0 Å². The Hall–Kier alpha value is -3.45. The first kappa shape index (κ1) is 21.8. The van der Waals surface area contributed by atoms with Crippen molar-refractivity contribution in [3.05, 3.63) is 86.4 Å². The van der Waals surface area contributed by atoms with Gasteiger partial charge >= 0.3 is 5.97 Å². The molecular formula is C24H20ClFN2O4. The van der Waals surface area contributed by atoms with E-state index in [1.807, 2.05) is 4.57 Å². The third kappa shape index (κ3) is 4.57. The standard InChI is InChI=1S/C24H20ClFN2O4/c1-32-22(29)9-6-14-2-4-15(5-3-14)12-27-24(31)18-13-28(16-7-8-16)21-11-19(25)20(26)10-17(21)23(18)30/h2-6,9-11,13,16H,7-8,12H2,1H3,(H,27,31)/b9-6+. The highest BCUT2D eigenvalue weighted by atomic mass is 35.5. The number of esters is 1. The molecule has 0 unspecified atom stereocenters. The first-order valence-corrected chi connectivity index (χ1v) is 10.4. The summed E-state index contributed by atoms with van der Waals surface area (Å²) in [5.41, 5.74) is 1.57. The van der Waals surface area contributed by atoms with E-state index < -0.39 is 23.1 Å². The Morgan fingerprint density at radius 1 is 1.25 bits per heavy atom. The molecule has 32 heavy (non-hydrogen) atoms. The van der Waals surface area contributed by atoms with E-state index in [1.165, 1.54) is 25.4 Å². The van der Waals surface area contributed by atoms with Gasteiger partial charge in [0.05, 0.1) is 17.6 Å². The van der Waals surface area contributed by atoms with Crippen molar-refractivity contribution in [1.82, 2.24) is 9.88 Å². The number of pyridine rings is 1. The third-order valence-corrected chi connectivity index (χ3v) is 5.59. The number of hydrogen-bond acceptors (Lipinski definition) is 4. The van der Waals surface area contributed by atoms with Crippen molar-refractivity contribution in [2.75, 3.05) is 7.11 Å². The van der Waals surface area contributed by atoms with Crippen LogP contribution in [0.2, 0.25) is 5.02 Å². The molecule has 1 N–H and O–H groups in total. The number of nitrogens with zero attached hydrogens (tertiary/aromatic N) is 1. The summed E-state index contributed by atoms with van der Waals surface area (Å²) in [6, 6.07) is 9.89. The molecule has 1 heterocycles. The molecule has 2 aromatic carbocycles. The van der Waals surface area contributed by atoms with E-state index in [0.29, 0.717) is 5.52 Å². The Kier molecular flexibility index (Phi) is 6.10. The summed E-state index contributed by atoms with van der Waals surface area (Å²) in [5, 5.41) is 2.82. The molecule has 1 aromatic heterocycles. The zero-order valence-electron chi connectivity index (χ0n) is 17.2. The lowest BCUT2D eigenvalue weighted by Gasteiger charge is -2.13. The largest absolute Gasteiger partial charge is 0.466 e. The van der Waals surface area contributed by atoms with Gasteiger partial charge in [-0.3, -0.25) is 9.59 Å². The van der Waals surface area contributed by atoms with Crippen LogP contribution in [0.4, 0.5) is 4.39 Å². The number of rotatable bonds is 6. The zero-order valence-corrected chi connectivity index (χ0v) is 18.0. The lowest BCUT2D eigenvalue weighted by molar-refractivity contribution is -0.134. The van der Waals surface area contributed by atoms with Gasteiger partial charge in [-0.1, -0.05) is 35.9 Å². The van der Waals surface area contributed by atoms with E-state index in [2.05, 4.69) is 10.1 Å². The van der Waals surface area contributed by atoms with Crippen molar-refractivity contribution in [1.29, 1.82) is 0 Å². The van der Waals surface area contributed by atoms with Gasteiger partial charge in [-0.2, -0.15) is 0 Å². The van der Waals surface area contributed by atoms with Crippen LogP contribution in [0.25, 0.3) is 17.0 Å². The van der Waals surface area contributed by atoms with Crippen LogP contribution in [0.1, 0.15) is 40.4 Å². The second-order valence-electron chi connectivity index (χ2n) is 7.57. The monoisotopic (exact) mass is 454 g/mol. The van der Waals surface area contributed by atoms with Crippen LogP contribution in [-0.4, -0.2) is 23.6 Å². The van der Waals surface area contributed by atoms with Gasteiger partial charge in [0.2, 0.25) is 5.43 Å². The van der Waals surface area contributed by atoms with Crippen molar-refractivity contribution in [3.63, 3.8) is 0 Å². The highest BCUT2D eigenvalue weighted by Crippen LogP contribution is 2.37. The maximum Gasteiger partial charge on any atom is 0.330 e. The van der Waals surface area contributed by atoms with Crippen LogP contribution in [-0.2, 0) is 16.1 Å². The Morgan fingerprint density at radius 2 is 1.97 bits per heavy atom. The van der Waals surface area contributed by atoms with Crippen LogP contribution >= 0.6 is 11.6 Å². The molecule has 4 rings (SSSR count). The fourth-order valence-corrected chi connectivity index (χ4v) is 3.58. The summed E-state index contributed by atoms with van der Waals surface area (Å²) in [7, 11) is 1.30. The number of amides is 1. The lowest BCUT2D eigenvalue weighted by atomic mass is 10.1. The molecule has 0 atom stereocenters. The van der Waals surface area contributed by atoms with Gasteiger partial charge < -0.3 is 14.6 Å². The van der Waals surface area contributed by atoms with Gasteiger partial charge in [0, 0.05) is 30.2 Å². The second kappa shape index (κ2) is 8.96. The number of methoxy groups -OCH3 is 1. The molecule has 1 fully saturated rings. The number of benzene rings is 2. The van der Waals surface area contributed by atoms with Crippen LogP contribution in [0, 0.1) is 5.82 Å². The smallest absolute Gasteiger partial charge is 0.330 e. The van der Waals surface area contributed by atoms with Gasteiger partial charge in [0.15, 0.2) is 0 Å². The predicted octanol–water partition coefficient (Wildman–Crippen LogP) is 4.25. The molecule has 0 bridgehead atoms. The fourth-order valence-electron chi connectivity index (χ4n) is 3.42. The van der Waals surface area contributed by atoms with E-state index in [0.717, 1.165) is 30.0 Å². The van der Waals surface area contributed by atoms with Gasteiger partial charge in [-0.25, -0.2) is 9.18 Å². The number of carbonyl (C=O) groups is 2. The van der Waals surface area contributed by atoms with Crippen LogP contribution in [0.5, 0.6) is 0 Å². The Labute approximate surface area is 188 Å². The maximum absolute atomic E-state index is 14.0. The number of halogens is 2. The quantitative estimate of drug-likeness (QED) is 0.446. The van der Waals surface area contributed by atoms with Gasteiger partial charge in [0.1, 0.15) is 11.4 Å². The molecule has 1 saturated carbocycles. The van der Waals surface area contributed by atoms with Crippen molar-refractivity contribution in [3.8, 4) is 0 Å². The number of fused-ring (bicyclic) bond motifs is 1. The molecular weight excluding hydrogens is 435 g/mol. The molecule has 6 nitrogen and oxygen atoms in total. The van der Waals surface area contributed by atoms with Crippen LogP contribution in [0.15, 0.2) is 53.5 Å². The average molecular weight is 455 g/mol. The number of carbonyl (C=O) groups excluding carboxylic acids is 2. The molecule has 0 radical (unpaired) electrons. The Balaban J connectivity index is 1.55. The number of nitrogens with one attached hydrogen (secondary N) is 1. The van der Waals surface area contributed by atoms with E-state index in [-0.39, 0.29) is 28.6 Å². The number of hydrogen-bond donors (Lipinski definition) is 1. The molecule has 1 amide bonds. The van der Waals surface area contributed by atoms with Gasteiger partial charge in [-0.05, 0) is 42.2 Å². The summed E-state index contributed by atoms with van der Waals surface area (Å²) < 4.78 is 20.4. The molecule has 0 aliphatic heterocycles. The average Bonchev–Trinajstić information content (AvgIpc) is 3.63. The molecule has 0 spiro atoms. The summed E-state index contributed by atoms with van der Waals surface area (Å²) in [4.78, 5) is 36.9. The van der Waals surface area contributed by atoms with Crippen molar-refractivity contribution >= 4 is 40.5 Å². The lowest BCUT2D eigenvalue weighted by Crippen LogP contribution is -2.29. The van der Waals surface area contributed by atoms with E-state index >= 15 is 0 Å². The first-order chi connectivity index (χ1) is 15.4. The minimum absolute atomic E-state index is 0.0382. The Morgan fingerprint density at radius 3 is 2.62 bits per heavy atom. The topological polar surface area (TPSA) is 77.4 Å². The normalized spacial score (nSPS) is 13.5. The predicted molar refractivity (Wildman–Crippen MR) is 120 cm³/mol. The van der Waals surface area contributed by atoms with E-state index in [1.54, 1.807) is 30.3 Å². The number of aromatic nitrogens is 1.